The summed E-state index contributed by atoms with van der Waals surface area (Å²) in [5.74, 6) is 0.689. The number of nitrogens with zero attached hydrogens (tertiary/aromatic N) is 3. The minimum absolute atomic E-state index is 0.0620. The van der Waals surface area contributed by atoms with Crippen molar-refractivity contribution >= 4 is 44.6 Å². The summed E-state index contributed by atoms with van der Waals surface area (Å²) in [5, 5.41) is 17.5. The average Bonchev–Trinajstić information content (AvgIpc) is 2.62. The van der Waals surface area contributed by atoms with Crippen molar-refractivity contribution in [3.05, 3.63) is 69.4 Å². The molecular formula is C17H14BrN5O3. The van der Waals surface area contributed by atoms with Crippen LogP contribution in [0.15, 0.2) is 59.3 Å². The lowest BCUT2D eigenvalue weighted by molar-refractivity contribution is -0.383. The van der Waals surface area contributed by atoms with Crippen LogP contribution in [0, 0.1) is 10.1 Å². The summed E-state index contributed by atoms with van der Waals surface area (Å²) in [6.45, 7) is 0. The fourth-order valence-corrected chi connectivity index (χ4v) is 2.71. The predicted octanol–water partition coefficient (Wildman–Crippen LogP) is 4.64. The molecule has 1 heterocycles. The third-order valence-corrected chi connectivity index (χ3v) is 3.95. The fraction of sp³-hybridized carbons (Fsp3) is 0.0588. The highest BCUT2D eigenvalue weighted by atomic mass is 79.9. The molecule has 8 nitrogen and oxygen atoms in total. The number of aromatic nitrogens is 2. The van der Waals surface area contributed by atoms with Crippen LogP contribution in [0.25, 0.3) is 0 Å². The van der Waals surface area contributed by atoms with Gasteiger partial charge in [0.25, 0.3) is 0 Å². The van der Waals surface area contributed by atoms with E-state index in [-0.39, 0.29) is 17.3 Å². The van der Waals surface area contributed by atoms with E-state index in [0.29, 0.717) is 17.1 Å². The molecule has 0 bridgehead atoms. The zero-order valence-corrected chi connectivity index (χ0v) is 15.2. The highest BCUT2D eigenvalue weighted by Gasteiger charge is 2.24. The van der Waals surface area contributed by atoms with Gasteiger partial charge in [0.1, 0.15) is 12.1 Å². The first-order valence-corrected chi connectivity index (χ1v) is 8.30. The van der Waals surface area contributed by atoms with Crippen LogP contribution in [-0.4, -0.2) is 22.0 Å². The standard InChI is InChI=1S/C17H14BrN5O3/c1-26-14-8-3-2-7-13(14)22-17-15(23(24)25)16(19-10-20-17)21-12-6-4-5-11(18)9-12/h2-10H,1H3,(H2,19,20,21,22). The normalized spacial score (nSPS) is 10.2. The predicted molar refractivity (Wildman–Crippen MR) is 102 cm³/mol. The Morgan fingerprint density at radius 3 is 2.50 bits per heavy atom. The van der Waals surface area contributed by atoms with Gasteiger partial charge in [0.05, 0.1) is 17.7 Å². The minimum Gasteiger partial charge on any atom is -0.495 e. The molecule has 0 amide bonds. The van der Waals surface area contributed by atoms with Gasteiger partial charge in [0.15, 0.2) is 0 Å². The van der Waals surface area contributed by atoms with Gasteiger partial charge >= 0.3 is 5.69 Å². The number of hydrogen-bond donors (Lipinski definition) is 2. The first-order valence-electron chi connectivity index (χ1n) is 7.50. The molecule has 26 heavy (non-hydrogen) atoms. The molecule has 2 aromatic carbocycles. The van der Waals surface area contributed by atoms with E-state index in [0.717, 1.165) is 4.47 Å². The first kappa shape index (κ1) is 17.6. The van der Waals surface area contributed by atoms with Crippen LogP contribution in [-0.2, 0) is 0 Å². The lowest BCUT2D eigenvalue weighted by Gasteiger charge is -2.12. The Hall–Kier alpha value is -3.20. The van der Waals surface area contributed by atoms with Crippen LogP contribution in [0.4, 0.5) is 28.7 Å². The fourth-order valence-electron chi connectivity index (χ4n) is 2.31. The van der Waals surface area contributed by atoms with E-state index in [1.54, 1.807) is 36.4 Å². The molecule has 0 saturated carbocycles. The van der Waals surface area contributed by atoms with Crippen molar-refractivity contribution in [2.24, 2.45) is 0 Å². The van der Waals surface area contributed by atoms with Crippen molar-refractivity contribution < 1.29 is 9.66 Å². The molecule has 1 aromatic heterocycles. The second-order valence-corrected chi connectivity index (χ2v) is 6.05. The monoisotopic (exact) mass is 415 g/mol. The summed E-state index contributed by atoms with van der Waals surface area (Å²) in [7, 11) is 1.52. The Bertz CT molecular complexity index is 951. The summed E-state index contributed by atoms with van der Waals surface area (Å²) in [6, 6.07) is 14.3. The molecule has 0 spiro atoms. The number of methoxy groups -OCH3 is 1. The molecule has 0 atom stereocenters. The van der Waals surface area contributed by atoms with Gasteiger partial charge in [-0.2, -0.15) is 0 Å². The largest absolute Gasteiger partial charge is 0.495 e. The number of ether oxygens (including phenoxy) is 1. The molecule has 9 heteroatoms. The van der Waals surface area contributed by atoms with Crippen molar-refractivity contribution in [2.45, 2.75) is 0 Å². The maximum Gasteiger partial charge on any atom is 0.353 e. The highest BCUT2D eigenvalue weighted by Crippen LogP contribution is 2.35. The molecule has 0 radical (unpaired) electrons. The van der Waals surface area contributed by atoms with E-state index in [1.807, 2.05) is 12.1 Å². The number of nitrogens with one attached hydrogen (secondary N) is 2. The summed E-state index contributed by atoms with van der Waals surface area (Å²) >= 11 is 3.36. The summed E-state index contributed by atoms with van der Waals surface area (Å²) in [6.07, 6.45) is 1.26. The minimum atomic E-state index is -0.530. The van der Waals surface area contributed by atoms with Crippen LogP contribution in [0.2, 0.25) is 0 Å². The number of anilines is 4. The second kappa shape index (κ2) is 7.79. The van der Waals surface area contributed by atoms with E-state index in [9.17, 15) is 10.1 Å². The molecule has 0 aliphatic rings. The SMILES string of the molecule is COc1ccccc1Nc1ncnc(Nc2cccc(Br)c2)c1[N+](=O)[O-]. The first-order chi connectivity index (χ1) is 12.6. The Labute approximate surface area is 157 Å². The lowest BCUT2D eigenvalue weighted by Crippen LogP contribution is -2.06. The van der Waals surface area contributed by atoms with Crippen LogP contribution < -0.4 is 15.4 Å². The topological polar surface area (TPSA) is 102 Å². The molecular weight excluding hydrogens is 402 g/mol. The molecule has 3 aromatic rings. The number of halogens is 1. The Balaban J connectivity index is 2.00. The Kier molecular flexibility index (Phi) is 5.28. The number of hydrogen-bond acceptors (Lipinski definition) is 7. The number of rotatable bonds is 6. The van der Waals surface area contributed by atoms with E-state index in [4.69, 9.17) is 4.74 Å². The summed E-state index contributed by atoms with van der Waals surface area (Å²) < 4.78 is 6.10. The van der Waals surface area contributed by atoms with Crippen molar-refractivity contribution in [2.75, 3.05) is 17.7 Å². The van der Waals surface area contributed by atoms with E-state index >= 15 is 0 Å². The van der Waals surface area contributed by atoms with Crippen molar-refractivity contribution in [1.82, 2.24) is 9.97 Å². The van der Waals surface area contributed by atoms with E-state index < -0.39 is 4.92 Å². The third kappa shape index (κ3) is 3.89. The van der Waals surface area contributed by atoms with Crippen LogP contribution in [0.1, 0.15) is 0 Å². The Morgan fingerprint density at radius 1 is 1.08 bits per heavy atom. The molecule has 0 unspecified atom stereocenters. The number of benzene rings is 2. The average molecular weight is 416 g/mol. The molecule has 0 fully saturated rings. The van der Waals surface area contributed by atoms with Gasteiger partial charge in [0, 0.05) is 10.2 Å². The highest BCUT2D eigenvalue weighted by molar-refractivity contribution is 9.10. The maximum absolute atomic E-state index is 11.6. The number of nitro groups is 1. The molecule has 3 rings (SSSR count). The molecule has 132 valence electrons. The zero-order chi connectivity index (χ0) is 18.5. The van der Waals surface area contributed by atoms with E-state index in [2.05, 4.69) is 36.5 Å². The maximum atomic E-state index is 11.6. The van der Waals surface area contributed by atoms with Crippen molar-refractivity contribution in [3.8, 4) is 5.75 Å². The molecule has 0 aliphatic heterocycles. The quantitative estimate of drug-likeness (QED) is 0.446. The van der Waals surface area contributed by atoms with Gasteiger partial charge in [-0.1, -0.05) is 34.1 Å². The van der Waals surface area contributed by atoms with Crippen molar-refractivity contribution in [1.29, 1.82) is 0 Å². The Morgan fingerprint density at radius 2 is 1.81 bits per heavy atom. The van der Waals surface area contributed by atoms with Crippen LogP contribution in [0.5, 0.6) is 5.75 Å². The smallest absolute Gasteiger partial charge is 0.353 e. The van der Waals surface area contributed by atoms with Gasteiger partial charge in [-0.05, 0) is 30.3 Å². The summed E-state index contributed by atoms with van der Waals surface area (Å²) in [5.41, 5.74) is 0.952. The molecule has 0 saturated heterocycles. The summed E-state index contributed by atoms with van der Waals surface area (Å²) in [4.78, 5) is 19.2. The molecule has 2 N–H and O–H groups in total. The lowest BCUT2D eigenvalue weighted by atomic mass is 10.3. The third-order valence-electron chi connectivity index (χ3n) is 3.45. The van der Waals surface area contributed by atoms with E-state index in [1.165, 1.54) is 13.4 Å². The van der Waals surface area contributed by atoms with Gasteiger partial charge in [-0.25, -0.2) is 9.97 Å². The van der Waals surface area contributed by atoms with Gasteiger partial charge in [-0.15, -0.1) is 0 Å². The van der Waals surface area contributed by atoms with Crippen LogP contribution >= 0.6 is 15.9 Å². The van der Waals surface area contributed by atoms with Crippen molar-refractivity contribution in [3.63, 3.8) is 0 Å². The van der Waals surface area contributed by atoms with Gasteiger partial charge in [0.2, 0.25) is 11.6 Å². The zero-order valence-electron chi connectivity index (χ0n) is 13.6. The van der Waals surface area contributed by atoms with Gasteiger partial charge in [-0.3, -0.25) is 10.1 Å². The van der Waals surface area contributed by atoms with Gasteiger partial charge < -0.3 is 15.4 Å². The number of para-hydroxylation sites is 2. The molecule has 0 aliphatic carbocycles. The second-order valence-electron chi connectivity index (χ2n) is 5.14. The van der Waals surface area contributed by atoms with Crippen LogP contribution in [0.3, 0.4) is 0 Å².